The lowest BCUT2D eigenvalue weighted by Gasteiger charge is -2.13. The summed E-state index contributed by atoms with van der Waals surface area (Å²) in [5.41, 5.74) is 1.43. The Balaban J connectivity index is 1.95. The summed E-state index contributed by atoms with van der Waals surface area (Å²) >= 11 is 1.48. The zero-order valence-corrected chi connectivity index (χ0v) is 12.8. The number of thioether (sulfide) groups is 1. The number of carbonyl (C=O) groups excluding carboxylic acids is 3. The maximum Gasteiger partial charge on any atom is 0.324 e. The summed E-state index contributed by atoms with van der Waals surface area (Å²) in [7, 11) is 0. The van der Waals surface area contributed by atoms with Crippen molar-refractivity contribution in [1.29, 1.82) is 0 Å². The van der Waals surface area contributed by atoms with E-state index in [1.54, 1.807) is 30.3 Å². The number of hydrogen-bond donors (Lipinski definition) is 2. The third kappa shape index (κ3) is 4.36. The monoisotopic (exact) mass is 319 g/mol. The molecule has 4 amide bonds. The fourth-order valence-corrected chi connectivity index (χ4v) is 2.52. The van der Waals surface area contributed by atoms with Crippen molar-refractivity contribution in [3.8, 4) is 0 Å². The van der Waals surface area contributed by atoms with E-state index in [4.69, 9.17) is 0 Å². The normalized spacial score (nSPS) is 13.9. The molecule has 2 N–H and O–H groups in total. The van der Waals surface area contributed by atoms with E-state index in [2.05, 4.69) is 17.2 Å². The molecule has 1 aromatic carbocycles. The molecule has 0 unspecified atom stereocenters. The number of hydrogen-bond acceptors (Lipinski definition) is 4. The number of nitrogens with one attached hydrogen (secondary N) is 2. The molecule has 1 fully saturated rings. The SMILES string of the molecule is C=CCSCC(=O)Nc1cccc(CN2C(=O)CNC2=O)c1. The molecule has 1 aromatic rings. The Hall–Kier alpha value is -2.28. The van der Waals surface area contributed by atoms with Crippen LogP contribution in [0.15, 0.2) is 36.9 Å². The standard InChI is InChI=1S/C15H17N3O3S/c1-2-6-22-10-13(19)17-12-5-3-4-11(7-12)9-18-14(20)8-16-15(18)21/h2-5,7H,1,6,8-10H2,(H,16,21)(H,17,19). The first-order chi connectivity index (χ1) is 10.6. The smallest absolute Gasteiger partial charge is 0.324 e. The molecule has 7 heteroatoms. The van der Waals surface area contributed by atoms with Gasteiger partial charge in [0.2, 0.25) is 11.8 Å². The number of rotatable bonds is 7. The Bertz CT molecular complexity index is 587. The fourth-order valence-electron chi connectivity index (χ4n) is 1.98. The van der Waals surface area contributed by atoms with Crippen molar-refractivity contribution in [3.05, 3.63) is 42.5 Å². The van der Waals surface area contributed by atoms with E-state index in [9.17, 15) is 14.4 Å². The van der Waals surface area contributed by atoms with Gasteiger partial charge in [-0.05, 0) is 17.7 Å². The van der Waals surface area contributed by atoms with Crippen LogP contribution in [-0.2, 0) is 16.1 Å². The molecule has 1 aliphatic heterocycles. The largest absolute Gasteiger partial charge is 0.329 e. The average molecular weight is 319 g/mol. The van der Waals surface area contributed by atoms with Crippen molar-refractivity contribution < 1.29 is 14.4 Å². The second kappa shape index (κ2) is 7.65. The van der Waals surface area contributed by atoms with E-state index in [1.807, 2.05) is 0 Å². The van der Waals surface area contributed by atoms with Crippen LogP contribution in [-0.4, -0.2) is 40.8 Å². The Morgan fingerprint density at radius 1 is 1.45 bits per heavy atom. The molecule has 0 atom stereocenters. The van der Waals surface area contributed by atoms with E-state index in [0.29, 0.717) is 11.4 Å². The van der Waals surface area contributed by atoms with Gasteiger partial charge in [0.25, 0.3) is 0 Å². The highest BCUT2D eigenvalue weighted by molar-refractivity contribution is 8.00. The Kier molecular flexibility index (Phi) is 5.60. The van der Waals surface area contributed by atoms with Crippen LogP contribution < -0.4 is 10.6 Å². The van der Waals surface area contributed by atoms with Crippen molar-refractivity contribution in [2.75, 3.05) is 23.4 Å². The van der Waals surface area contributed by atoms with E-state index >= 15 is 0 Å². The highest BCUT2D eigenvalue weighted by atomic mass is 32.2. The number of amides is 4. The molecule has 1 aliphatic rings. The average Bonchev–Trinajstić information content (AvgIpc) is 2.80. The zero-order chi connectivity index (χ0) is 15.9. The van der Waals surface area contributed by atoms with E-state index < -0.39 is 0 Å². The van der Waals surface area contributed by atoms with Crippen LogP contribution in [0, 0.1) is 0 Å². The molecule has 22 heavy (non-hydrogen) atoms. The highest BCUT2D eigenvalue weighted by Gasteiger charge is 2.28. The third-order valence-corrected chi connectivity index (χ3v) is 3.90. The lowest BCUT2D eigenvalue weighted by atomic mass is 10.2. The van der Waals surface area contributed by atoms with Gasteiger partial charge >= 0.3 is 6.03 Å². The minimum atomic E-state index is -0.389. The van der Waals surface area contributed by atoms with Crippen molar-refractivity contribution in [3.63, 3.8) is 0 Å². The Morgan fingerprint density at radius 3 is 2.95 bits per heavy atom. The molecule has 0 aliphatic carbocycles. The number of urea groups is 1. The van der Waals surface area contributed by atoms with Crippen molar-refractivity contribution in [2.24, 2.45) is 0 Å². The molecule has 1 heterocycles. The minimum absolute atomic E-state index is 0.0375. The first-order valence-electron chi connectivity index (χ1n) is 6.76. The first-order valence-corrected chi connectivity index (χ1v) is 7.91. The predicted octanol–water partition coefficient (Wildman–Crippen LogP) is 1.60. The molecule has 116 valence electrons. The number of anilines is 1. The minimum Gasteiger partial charge on any atom is -0.329 e. The van der Waals surface area contributed by atoms with Crippen LogP contribution in [0.2, 0.25) is 0 Å². The van der Waals surface area contributed by atoms with Gasteiger partial charge in [-0.15, -0.1) is 18.3 Å². The van der Waals surface area contributed by atoms with E-state index in [0.717, 1.165) is 16.2 Å². The van der Waals surface area contributed by atoms with Crippen LogP contribution in [0.5, 0.6) is 0 Å². The van der Waals surface area contributed by atoms with Gasteiger partial charge in [0.1, 0.15) is 0 Å². The van der Waals surface area contributed by atoms with Crippen LogP contribution in [0.25, 0.3) is 0 Å². The van der Waals surface area contributed by atoms with Gasteiger partial charge in [0.05, 0.1) is 18.8 Å². The molecule has 0 radical (unpaired) electrons. The fraction of sp³-hybridized carbons (Fsp3) is 0.267. The molecule has 0 aromatic heterocycles. The Morgan fingerprint density at radius 2 is 2.27 bits per heavy atom. The molecule has 2 rings (SSSR count). The van der Waals surface area contributed by atoms with Crippen molar-refractivity contribution in [2.45, 2.75) is 6.54 Å². The van der Waals surface area contributed by atoms with Gasteiger partial charge in [-0.2, -0.15) is 0 Å². The molecule has 0 bridgehead atoms. The second-order valence-electron chi connectivity index (χ2n) is 4.69. The third-order valence-electron chi connectivity index (χ3n) is 2.96. The summed E-state index contributed by atoms with van der Waals surface area (Å²) < 4.78 is 0. The lowest BCUT2D eigenvalue weighted by Crippen LogP contribution is -2.30. The first kappa shape index (κ1) is 16.1. The number of carbonyl (C=O) groups is 3. The summed E-state index contributed by atoms with van der Waals surface area (Å²) in [4.78, 5) is 36.0. The molecule has 0 saturated carbocycles. The Labute approximate surface area is 132 Å². The van der Waals surface area contributed by atoms with Crippen LogP contribution in [0.1, 0.15) is 5.56 Å². The lowest BCUT2D eigenvalue weighted by molar-refractivity contribution is -0.125. The van der Waals surface area contributed by atoms with Gasteiger partial charge in [0.15, 0.2) is 0 Å². The van der Waals surface area contributed by atoms with E-state index in [-0.39, 0.29) is 30.9 Å². The van der Waals surface area contributed by atoms with Crippen LogP contribution in [0.4, 0.5) is 10.5 Å². The van der Waals surface area contributed by atoms with Crippen molar-refractivity contribution in [1.82, 2.24) is 10.2 Å². The van der Waals surface area contributed by atoms with Crippen molar-refractivity contribution >= 4 is 35.3 Å². The number of imide groups is 1. The van der Waals surface area contributed by atoms with Crippen LogP contribution >= 0.6 is 11.8 Å². The van der Waals surface area contributed by atoms with Gasteiger partial charge in [-0.3, -0.25) is 14.5 Å². The van der Waals surface area contributed by atoms with Crippen LogP contribution in [0.3, 0.4) is 0 Å². The molecule has 6 nitrogen and oxygen atoms in total. The maximum absolute atomic E-state index is 11.8. The van der Waals surface area contributed by atoms with Gasteiger partial charge in [-0.1, -0.05) is 18.2 Å². The summed E-state index contributed by atoms with van der Waals surface area (Å²) in [5.74, 6) is 0.724. The van der Waals surface area contributed by atoms with E-state index in [1.165, 1.54) is 11.8 Å². The molecular formula is C15H17N3O3S. The van der Waals surface area contributed by atoms with Gasteiger partial charge in [0, 0.05) is 11.4 Å². The summed E-state index contributed by atoms with van der Waals surface area (Å²) in [6.45, 7) is 3.83. The molecular weight excluding hydrogens is 302 g/mol. The highest BCUT2D eigenvalue weighted by Crippen LogP contribution is 2.15. The summed E-state index contributed by atoms with van der Waals surface area (Å²) in [5, 5.41) is 5.26. The topological polar surface area (TPSA) is 78.5 Å². The summed E-state index contributed by atoms with van der Waals surface area (Å²) in [6, 6.07) is 6.72. The molecule has 1 saturated heterocycles. The number of nitrogens with zero attached hydrogens (tertiary/aromatic N) is 1. The van der Waals surface area contributed by atoms with Gasteiger partial charge < -0.3 is 10.6 Å². The quantitative estimate of drug-likeness (QED) is 0.454. The van der Waals surface area contributed by atoms with Gasteiger partial charge in [-0.25, -0.2) is 4.79 Å². The summed E-state index contributed by atoms with van der Waals surface area (Å²) in [6.07, 6.45) is 1.75. The number of benzene rings is 1. The second-order valence-corrected chi connectivity index (χ2v) is 5.72. The predicted molar refractivity (Wildman–Crippen MR) is 86.5 cm³/mol. The molecule has 0 spiro atoms. The zero-order valence-electron chi connectivity index (χ0n) is 12.0. The maximum atomic E-state index is 11.8.